The van der Waals surface area contributed by atoms with Crippen LogP contribution in [0, 0.1) is 0 Å². The number of carbonyl (C=O) groups is 6. The highest BCUT2D eigenvalue weighted by Gasteiger charge is 2.37. The van der Waals surface area contributed by atoms with Crippen molar-refractivity contribution in [1.82, 2.24) is 10.1 Å². The smallest absolute Gasteiger partial charge is 0.325 e. The van der Waals surface area contributed by atoms with Crippen LogP contribution in [0.25, 0.3) is 0 Å². The van der Waals surface area contributed by atoms with E-state index in [1.807, 2.05) is 0 Å². The normalized spacial score (nSPS) is 15.2. The molecule has 0 atom stereocenters. The number of nitrogens with zero attached hydrogens (tertiary/aromatic N) is 2. The quantitative estimate of drug-likeness (QED) is 0.228. The highest BCUT2D eigenvalue weighted by molar-refractivity contribution is 7.62. The van der Waals surface area contributed by atoms with Crippen LogP contribution in [0.4, 0.5) is 0 Å². The molecule has 4 amide bonds. The molecule has 0 radical (unpaired) electrons. The Kier molecular flexibility index (Phi) is 9.09. The number of carbonyl (C=O) groups excluding carboxylic acids is 6. The second-order valence-electron chi connectivity index (χ2n) is 9.71. The molecule has 0 unspecified atom stereocenters. The van der Waals surface area contributed by atoms with Crippen molar-refractivity contribution >= 4 is 48.5 Å². The number of hydrogen-bond donors (Lipinski definition) is 0. The first kappa shape index (κ1) is 30.5. The molecule has 3 aromatic rings. The minimum absolute atomic E-state index is 0.155. The molecule has 3 aromatic carbocycles. The monoisotopic (exact) mass is 620 g/mol. The largest absolute Gasteiger partial charge is 0.363 e. The molecule has 2 heterocycles. The average molecular weight is 621 g/mol. The van der Waals surface area contributed by atoms with Gasteiger partial charge in [0.05, 0.1) is 29.6 Å². The summed E-state index contributed by atoms with van der Waals surface area (Å²) in [4.78, 5) is 84.5. The second-order valence-corrected chi connectivity index (χ2v) is 11.7. The third-order valence-electron chi connectivity index (χ3n) is 6.55. The molecule has 0 spiro atoms. The summed E-state index contributed by atoms with van der Waals surface area (Å²) in [5.41, 5.74) is 0.437. The molecule has 0 aliphatic carbocycles. The summed E-state index contributed by atoms with van der Waals surface area (Å²) in [5, 5.41) is 0.349. The fraction of sp³-hybridized carbons (Fsp3) is 0.200. The lowest BCUT2D eigenvalue weighted by Gasteiger charge is -2.21. The van der Waals surface area contributed by atoms with Gasteiger partial charge in [-0.25, -0.2) is 9.59 Å². The molecule has 2 aliphatic heterocycles. The summed E-state index contributed by atoms with van der Waals surface area (Å²) in [5.74, 6) is -5.45. The van der Waals surface area contributed by atoms with Gasteiger partial charge in [0.1, 0.15) is 0 Å². The Bertz CT molecular complexity index is 1530. The number of hydrogen-bond acceptors (Lipinski definition) is 11. The molecular weight excluding hydrogens is 595 g/mol. The van der Waals surface area contributed by atoms with Crippen molar-refractivity contribution in [1.29, 1.82) is 0 Å². The summed E-state index contributed by atoms with van der Waals surface area (Å²) >= 11 is 0. The maximum absolute atomic E-state index is 14.4. The van der Waals surface area contributed by atoms with Crippen molar-refractivity contribution < 1.29 is 52.1 Å². The molecule has 2 fully saturated rings. The number of amides is 4. The van der Waals surface area contributed by atoms with E-state index in [0.717, 1.165) is 18.2 Å². The molecule has 2 saturated heterocycles. The van der Waals surface area contributed by atoms with Crippen LogP contribution in [0.5, 0.6) is 0 Å². The lowest BCUT2D eigenvalue weighted by Crippen LogP contribution is -2.33. The second kappa shape index (κ2) is 13.1. The van der Waals surface area contributed by atoms with Gasteiger partial charge in [-0.1, -0.05) is 60.7 Å². The number of rotatable bonds is 11. The van der Waals surface area contributed by atoms with E-state index in [1.165, 1.54) is 0 Å². The topological polar surface area (TPSA) is 163 Å². The number of benzene rings is 3. The molecule has 0 bridgehead atoms. The molecule has 0 saturated carbocycles. The molecule has 5 rings (SSSR count). The third-order valence-corrected chi connectivity index (χ3v) is 8.38. The Morgan fingerprint density at radius 3 is 1.32 bits per heavy atom. The van der Waals surface area contributed by atoms with Crippen LogP contribution in [-0.4, -0.2) is 45.7 Å². The van der Waals surface area contributed by atoms with Crippen LogP contribution in [-0.2, 0) is 55.7 Å². The summed E-state index contributed by atoms with van der Waals surface area (Å²) < 4.78 is 26.1. The Labute approximate surface area is 250 Å². The van der Waals surface area contributed by atoms with E-state index in [9.17, 15) is 33.3 Å². The molecule has 0 aromatic heterocycles. The molecule has 44 heavy (non-hydrogen) atoms. The fourth-order valence-electron chi connectivity index (χ4n) is 4.25. The average Bonchev–Trinajstić information content (AvgIpc) is 3.53. The number of imide groups is 2. The van der Waals surface area contributed by atoms with Gasteiger partial charge in [-0.2, -0.15) is 0 Å². The number of hydroxylamine groups is 4. The molecule has 13 nitrogen and oxygen atoms in total. The van der Waals surface area contributed by atoms with Crippen molar-refractivity contribution in [3.05, 3.63) is 101 Å². The minimum Gasteiger partial charge on any atom is -0.325 e. The Morgan fingerprint density at radius 2 is 0.955 bits per heavy atom. The third kappa shape index (κ3) is 6.97. The van der Waals surface area contributed by atoms with Gasteiger partial charge in [0.15, 0.2) is 0 Å². The van der Waals surface area contributed by atoms with Gasteiger partial charge in [-0.15, -0.1) is 10.1 Å². The van der Waals surface area contributed by atoms with Crippen LogP contribution in [0.2, 0.25) is 0 Å². The highest BCUT2D eigenvalue weighted by Crippen LogP contribution is 2.49. The van der Waals surface area contributed by atoms with Crippen molar-refractivity contribution in [3.8, 4) is 0 Å². The Hall–Kier alpha value is -4.97. The molecule has 0 N–H and O–H groups in total. The van der Waals surface area contributed by atoms with Crippen molar-refractivity contribution in [2.24, 2.45) is 0 Å². The van der Waals surface area contributed by atoms with Crippen LogP contribution in [0.15, 0.2) is 78.9 Å². The summed E-state index contributed by atoms with van der Waals surface area (Å²) in [6, 6.07) is 20.6. The first-order valence-electron chi connectivity index (χ1n) is 13.4. The van der Waals surface area contributed by atoms with Crippen LogP contribution >= 0.6 is 7.60 Å². The predicted octanol–water partition coefficient (Wildman–Crippen LogP) is 3.38. The van der Waals surface area contributed by atoms with Crippen molar-refractivity contribution in [3.63, 3.8) is 0 Å². The van der Waals surface area contributed by atoms with Gasteiger partial charge in [0.2, 0.25) is 0 Å². The standard InChI is InChI=1S/C30H25N2O11P/c33-25-11-12-26(34)31(25)42-29(37)22-15-23(30(38)43-32-27(35)13-14-28(32)36)17-24(16-22)44(39,40-18-20-7-3-1-4-8-20)41-19-21-9-5-2-6-10-21/h1-10,15-17H,11-14,18-19H2. The van der Waals surface area contributed by atoms with Gasteiger partial charge in [-0.05, 0) is 29.3 Å². The van der Waals surface area contributed by atoms with Crippen LogP contribution < -0.4 is 5.30 Å². The van der Waals surface area contributed by atoms with E-state index in [-0.39, 0.29) is 44.2 Å². The summed E-state index contributed by atoms with van der Waals surface area (Å²) in [7, 11) is -4.37. The zero-order valence-electron chi connectivity index (χ0n) is 23.1. The Morgan fingerprint density at radius 1 is 0.591 bits per heavy atom. The van der Waals surface area contributed by atoms with E-state index in [1.54, 1.807) is 60.7 Å². The van der Waals surface area contributed by atoms with Crippen LogP contribution in [0.1, 0.15) is 57.5 Å². The van der Waals surface area contributed by atoms with E-state index >= 15 is 0 Å². The SMILES string of the molecule is O=C(ON1C(=O)CCC1=O)c1cc(C(=O)ON2C(=O)CCC2=O)cc(P(=O)(OCc2ccccc2)OCc2ccccc2)c1. The maximum atomic E-state index is 14.4. The highest BCUT2D eigenvalue weighted by atomic mass is 31.2. The van der Waals surface area contributed by atoms with Crippen molar-refractivity contribution in [2.75, 3.05) is 0 Å². The van der Waals surface area contributed by atoms with E-state index < -0.39 is 54.3 Å². The van der Waals surface area contributed by atoms with Gasteiger partial charge < -0.3 is 18.7 Å². The first-order chi connectivity index (χ1) is 21.1. The zero-order valence-corrected chi connectivity index (χ0v) is 24.0. The minimum atomic E-state index is -4.37. The van der Waals surface area contributed by atoms with Gasteiger partial charge in [0.25, 0.3) is 23.6 Å². The molecule has 2 aliphatic rings. The molecule has 14 heteroatoms. The van der Waals surface area contributed by atoms with Gasteiger partial charge >= 0.3 is 19.5 Å². The fourth-order valence-corrected chi connectivity index (χ4v) is 5.85. The summed E-state index contributed by atoms with van der Waals surface area (Å²) in [6.45, 7) is -0.371. The zero-order chi connectivity index (χ0) is 31.3. The van der Waals surface area contributed by atoms with Gasteiger partial charge in [-0.3, -0.25) is 23.7 Å². The van der Waals surface area contributed by atoms with Gasteiger partial charge in [0, 0.05) is 25.7 Å². The molecular formula is C30H25N2O11P. The van der Waals surface area contributed by atoms with Crippen molar-refractivity contribution in [2.45, 2.75) is 38.9 Å². The Balaban J connectivity index is 1.52. The van der Waals surface area contributed by atoms with E-state index in [4.69, 9.17) is 18.7 Å². The lowest BCUT2D eigenvalue weighted by atomic mass is 10.1. The van der Waals surface area contributed by atoms with E-state index in [0.29, 0.717) is 21.3 Å². The predicted molar refractivity (Wildman–Crippen MR) is 149 cm³/mol. The molecule has 226 valence electrons. The summed E-state index contributed by atoms with van der Waals surface area (Å²) in [6.07, 6.45) is -0.621. The van der Waals surface area contributed by atoms with Crippen LogP contribution in [0.3, 0.4) is 0 Å². The maximum Gasteiger partial charge on any atom is 0.363 e. The van der Waals surface area contributed by atoms with E-state index in [2.05, 4.69) is 0 Å². The lowest BCUT2D eigenvalue weighted by molar-refractivity contribution is -0.173. The first-order valence-corrected chi connectivity index (χ1v) is 15.0.